The maximum Gasteiger partial charge on any atom is 0.309 e. The van der Waals surface area contributed by atoms with E-state index in [1.54, 1.807) is 0 Å². The van der Waals surface area contributed by atoms with Crippen molar-refractivity contribution in [1.29, 1.82) is 0 Å². The summed E-state index contributed by atoms with van der Waals surface area (Å²) in [5.41, 5.74) is 4.00. The third-order valence-corrected chi connectivity index (χ3v) is 6.90. The van der Waals surface area contributed by atoms with Crippen LogP contribution >= 0.6 is 0 Å². The summed E-state index contributed by atoms with van der Waals surface area (Å²) >= 11 is 0. The molecule has 1 amide bonds. The van der Waals surface area contributed by atoms with Crippen molar-refractivity contribution in [3.63, 3.8) is 0 Å². The van der Waals surface area contributed by atoms with Crippen molar-refractivity contribution in [2.75, 3.05) is 6.61 Å². The highest BCUT2D eigenvalue weighted by atomic mass is 16.5. The molecule has 2 bridgehead atoms. The van der Waals surface area contributed by atoms with Crippen LogP contribution in [0, 0.1) is 31.6 Å². The predicted molar refractivity (Wildman–Crippen MR) is 119 cm³/mol. The van der Waals surface area contributed by atoms with Gasteiger partial charge in [0.15, 0.2) is 6.61 Å². The maximum absolute atomic E-state index is 12.5. The smallest absolute Gasteiger partial charge is 0.309 e. The van der Waals surface area contributed by atoms with Crippen LogP contribution in [0.15, 0.2) is 30.3 Å². The Bertz CT molecular complexity index is 982. The van der Waals surface area contributed by atoms with E-state index in [1.165, 1.54) is 0 Å². The summed E-state index contributed by atoms with van der Waals surface area (Å²) in [6, 6.07) is 10.1. The number of Topliss-reactive ketones (excluding diaryl/α,β-unsaturated/α-hetero) is 1. The molecule has 170 valence electrons. The van der Waals surface area contributed by atoms with Crippen molar-refractivity contribution in [3.05, 3.63) is 52.8 Å². The summed E-state index contributed by atoms with van der Waals surface area (Å²) in [4.78, 5) is 37.0. The van der Waals surface area contributed by atoms with Crippen molar-refractivity contribution in [3.8, 4) is 0 Å². The second-order valence-electron chi connectivity index (χ2n) is 9.07. The second kappa shape index (κ2) is 9.67. The number of fused-ring (bicyclic) bond motifs is 2. The molecule has 0 saturated heterocycles. The Hall–Kier alpha value is -2.96. The van der Waals surface area contributed by atoms with Crippen LogP contribution in [-0.2, 0) is 32.2 Å². The molecule has 1 N–H and O–H groups in total. The first kappa shape index (κ1) is 22.2. The molecule has 32 heavy (non-hydrogen) atoms. The zero-order valence-corrected chi connectivity index (χ0v) is 18.8. The van der Waals surface area contributed by atoms with E-state index in [0.717, 1.165) is 41.8 Å². The largest absolute Gasteiger partial charge is 0.455 e. The van der Waals surface area contributed by atoms with Gasteiger partial charge in [0.25, 0.3) is 5.91 Å². The standard InChI is InChI=1S/C25H31N3O4/c1-16-22(17(2)28(27-16)14-18-7-4-3-5-8-18)13-26-23(29)15-32-25(31)21-11-19-9-6-10-20(12-21)24(19)30/h3-5,7-8,19-21H,6,9-15H2,1-2H3,(H,26,29). The Balaban J connectivity index is 1.26. The first-order valence-corrected chi connectivity index (χ1v) is 11.5. The lowest BCUT2D eigenvalue weighted by Crippen LogP contribution is -2.40. The lowest BCUT2D eigenvalue weighted by atomic mass is 9.67. The van der Waals surface area contributed by atoms with E-state index in [4.69, 9.17) is 4.74 Å². The highest BCUT2D eigenvalue weighted by Gasteiger charge is 2.41. The number of nitrogens with zero attached hydrogens (tertiary/aromatic N) is 2. The molecule has 2 aliphatic rings. The van der Waals surface area contributed by atoms with Crippen molar-refractivity contribution < 1.29 is 19.1 Å². The topological polar surface area (TPSA) is 90.3 Å². The highest BCUT2D eigenvalue weighted by molar-refractivity contribution is 5.88. The monoisotopic (exact) mass is 437 g/mol. The Kier molecular flexibility index (Phi) is 6.72. The normalized spacial score (nSPS) is 22.4. The minimum absolute atomic E-state index is 0.00718. The van der Waals surface area contributed by atoms with Gasteiger partial charge in [0.05, 0.1) is 18.2 Å². The van der Waals surface area contributed by atoms with Gasteiger partial charge in [-0.1, -0.05) is 36.8 Å². The van der Waals surface area contributed by atoms with Gasteiger partial charge in [0, 0.05) is 29.6 Å². The number of benzene rings is 1. The number of aromatic nitrogens is 2. The van der Waals surface area contributed by atoms with Crippen molar-refractivity contribution in [2.45, 2.75) is 59.0 Å². The Morgan fingerprint density at radius 3 is 2.50 bits per heavy atom. The second-order valence-corrected chi connectivity index (χ2v) is 9.07. The van der Waals surface area contributed by atoms with Crippen molar-refractivity contribution in [2.24, 2.45) is 17.8 Å². The van der Waals surface area contributed by atoms with Gasteiger partial charge in [-0.05, 0) is 45.1 Å². The summed E-state index contributed by atoms with van der Waals surface area (Å²) < 4.78 is 7.23. The molecular weight excluding hydrogens is 406 g/mol. The van der Waals surface area contributed by atoms with Gasteiger partial charge in [-0.2, -0.15) is 5.10 Å². The highest BCUT2D eigenvalue weighted by Crippen LogP contribution is 2.40. The van der Waals surface area contributed by atoms with Crippen LogP contribution < -0.4 is 5.32 Å². The molecule has 2 aliphatic carbocycles. The van der Waals surface area contributed by atoms with E-state index >= 15 is 0 Å². The van der Waals surface area contributed by atoms with Crippen LogP contribution in [0.25, 0.3) is 0 Å². The lowest BCUT2D eigenvalue weighted by Gasteiger charge is -2.36. The van der Waals surface area contributed by atoms with E-state index in [-0.39, 0.29) is 36.2 Å². The molecule has 1 aromatic carbocycles. The number of amides is 1. The van der Waals surface area contributed by atoms with Crippen LogP contribution in [0.5, 0.6) is 0 Å². The van der Waals surface area contributed by atoms with E-state index in [9.17, 15) is 14.4 Å². The zero-order chi connectivity index (χ0) is 22.7. The minimum Gasteiger partial charge on any atom is -0.455 e. The molecule has 7 heteroatoms. The molecule has 0 spiro atoms. The molecule has 2 atom stereocenters. The fraction of sp³-hybridized carbons (Fsp3) is 0.520. The van der Waals surface area contributed by atoms with E-state index in [0.29, 0.717) is 31.7 Å². The van der Waals surface area contributed by atoms with E-state index < -0.39 is 0 Å². The van der Waals surface area contributed by atoms with Crippen LogP contribution in [0.3, 0.4) is 0 Å². The molecule has 1 heterocycles. The average Bonchev–Trinajstić information content (AvgIpc) is 3.03. The Morgan fingerprint density at radius 2 is 1.81 bits per heavy atom. The van der Waals surface area contributed by atoms with Gasteiger partial charge in [-0.25, -0.2) is 0 Å². The molecule has 2 unspecified atom stereocenters. The van der Waals surface area contributed by atoms with Crippen molar-refractivity contribution in [1.82, 2.24) is 15.1 Å². The van der Waals surface area contributed by atoms with E-state index in [1.807, 2.05) is 36.7 Å². The summed E-state index contributed by atoms with van der Waals surface area (Å²) in [5, 5.41) is 7.44. The molecular formula is C25H31N3O4. The van der Waals surface area contributed by atoms with Gasteiger partial charge in [0.1, 0.15) is 5.78 Å². The number of ketones is 1. The molecule has 2 saturated carbocycles. The Labute approximate surface area is 188 Å². The van der Waals surface area contributed by atoms with Gasteiger partial charge in [0.2, 0.25) is 0 Å². The number of hydrogen-bond acceptors (Lipinski definition) is 5. The van der Waals surface area contributed by atoms with Crippen LogP contribution in [0.4, 0.5) is 0 Å². The summed E-state index contributed by atoms with van der Waals surface area (Å²) in [6.07, 6.45) is 3.93. The summed E-state index contributed by atoms with van der Waals surface area (Å²) in [6.45, 7) is 4.63. The number of carbonyl (C=O) groups excluding carboxylic acids is 3. The fourth-order valence-corrected chi connectivity index (χ4v) is 5.06. The number of aryl methyl sites for hydroxylation is 1. The lowest BCUT2D eigenvalue weighted by molar-refractivity contribution is -0.156. The Morgan fingerprint density at radius 1 is 1.12 bits per heavy atom. The first-order valence-electron chi connectivity index (χ1n) is 11.5. The third-order valence-electron chi connectivity index (χ3n) is 6.90. The van der Waals surface area contributed by atoms with Gasteiger partial charge in [-0.3, -0.25) is 19.1 Å². The fourth-order valence-electron chi connectivity index (χ4n) is 5.06. The SMILES string of the molecule is Cc1nn(Cc2ccccc2)c(C)c1CNC(=O)COC(=O)C1CC2CCCC(C1)C2=O. The summed E-state index contributed by atoms with van der Waals surface area (Å²) in [5.74, 6) is -0.653. The molecule has 0 radical (unpaired) electrons. The minimum atomic E-state index is -0.354. The number of ether oxygens (including phenoxy) is 1. The van der Waals surface area contributed by atoms with Crippen LogP contribution in [0.2, 0.25) is 0 Å². The predicted octanol–water partition coefficient (Wildman–Crippen LogP) is 3.10. The molecule has 0 aliphatic heterocycles. The maximum atomic E-state index is 12.5. The average molecular weight is 438 g/mol. The quantitative estimate of drug-likeness (QED) is 0.672. The first-order chi connectivity index (χ1) is 15.4. The number of rotatable bonds is 7. The number of carbonyl (C=O) groups is 3. The molecule has 4 rings (SSSR count). The van der Waals surface area contributed by atoms with Gasteiger partial charge in [-0.15, -0.1) is 0 Å². The molecule has 7 nitrogen and oxygen atoms in total. The van der Waals surface area contributed by atoms with E-state index in [2.05, 4.69) is 22.5 Å². The number of esters is 1. The van der Waals surface area contributed by atoms with Crippen molar-refractivity contribution >= 4 is 17.7 Å². The van der Waals surface area contributed by atoms with Crippen LogP contribution in [-0.4, -0.2) is 34.0 Å². The zero-order valence-electron chi connectivity index (χ0n) is 18.8. The number of nitrogens with one attached hydrogen (secondary N) is 1. The molecule has 2 aromatic rings. The summed E-state index contributed by atoms with van der Waals surface area (Å²) in [7, 11) is 0. The van der Waals surface area contributed by atoms with Gasteiger partial charge < -0.3 is 10.1 Å². The molecule has 2 fully saturated rings. The van der Waals surface area contributed by atoms with Gasteiger partial charge >= 0.3 is 5.97 Å². The third kappa shape index (κ3) is 4.92. The number of hydrogen-bond donors (Lipinski definition) is 1. The van der Waals surface area contributed by atoms with Crippen LogP contribution in [0.1, 0.15) is 54.6 Å². The molecule has 1 aromatic heterocycles.